The number of unbranched alkanes of at least 4 members (excludes halogenated alkanes) is 1. The molecule has 0 aliphatic carbocycles. The van der Waals surface area contributed by atoms with Gasteiger partial charge in [0, 0.05) is 38.8 Å². The second kappa shape index (κ2) is 14.3. The highest BCUT2D eigenvalue weighted by Gasteiger charge is 2.05. The van der Waals surface area contributed by atoms with Crippen LogP contribution in [0.1, 0.15) is 45.1 Å². The maximum atomic E-state index is 5.34. The van der Waals surface area contributed by atoms with Crippen molar-refractivity contribution in [1.29, 1.82) is 0 Å². The summed E-state index contributed by atoms with van der Waals surface area (Å²) in [4.78, 5) is 4.67. The lowest BCUT2D eigenvalue weighted by molar-refractivity contribution is 0.143. The highest BCUT2D eigenvalue weighted by Crippen LogP contribution is 2.18. The van der Waals surface area contributed by atoms with Gasteiger partial charge in [0.05, 0.1) is 0 Å². The summed E-state index contributed by atoms with van der Waals surface area (Å²) in [5.41, 5.74) is 1.37. The zero-order valence-corrected chi connectivity index (χ0v) is 17.1. The number of rotatable bonds is 10. The molecule has 0 aromatic carbocycles. The molecule has 0 aliphatic heterocycles. The predicted octanol–water partition coefficient (Wildman–Crippen LogP) is 3.84. The zero-order valence-electron chi connectivity index (χ0n) is 13.9. The molecule has 4 nitrogen and oxygen atoms in total. The summed E-state index contributed by atoms with van der Waals surface area (Å²) in [5, 5.41) is 11.0. The van der Waals surface area contributed by atoms with Crippen molar-refractivity contribution in [3.63, 3.8) is 0 Å². The van der Waals surface area contributed by atoms with E-state index >= 15 is 0 Å². The summed E-state index contributed by atoms with van der Waals surface area (Å²) >= 11 is 1.74. The highest BCUT2D eigenvalue weighted by atomic mass is 127. The Morgan fingerprint density at radius 1 is 1.32 bits per heavy atom. The van der Waals surface area contributed by atoms with Gasteiger partial charge < -0.3 is 15.4 Å². The molecule has 6 heteroatoms. The van der Waals surface area contributed by atoms with Crippen molar-refractivity contribution in [3.05, 3.63) is 22.4 Å². The van der Waals surface area contributed by atoms with Crippen molar-refractivity contribution in [3.8, 4) is 0 Å². The molecule has 0 aliphatic rings. The Kier molecular flexibility index (Phi) is 14.0. The van der Waals surface area contributed by atoms with E-state index in [2.05, 4.69) is 46.3 Å². The second-order valence-corrected chi connectivity index (χ2v) is 5.79. The van der Waals surface area contributed by atoms with E-state index in [1.807, 2.05) is 6.92 Å². The first kappa shape index (κ1) is 21.7. The Morgan fingerprint density at radius 2 is 2.14 bits per heavy atom. The van der Waals surface area contributed by atoms with Gasteiger partial charge in [-0.25, -0.2) is 0 Å². The van der Waals surface area contributed by atoms with Gasteiger partial charge in [0.15, 0.2) is 5.96 Å². The van der Waals surface area contributed by atoms with E-state index in [1.54, 1.807) is 11.3 Å². The van der Waals surface area contributed by atoms with Crippen LogP contribution in [0.25, 0.3) is 0 Å². The topological polar surface area (TPSA) is 45.7 Å². The van der Waals surface area contributed by atoms with Gasteiger partial charge in [-0.15, -0.1) is 24.0 Å². The standard InChI is InChI=1S/C16H29N3OS.HI/c1-4-17-16(18-9-6-7-10-20-5-2)19-12-14(3)15-8-11-21-13-15;/h8,11,13-14H,4-7,9-10,12H2,1-3H3,(H2,17,18,19);1H. The number of thiophene rings is 1. The summed E-state index contributed by atoms with van der Waals surface area (Å²) in [7, 11) is 0. The van der Waals surface area contributed by atoms with Crippen LogP contribution < -0.4 is 10.6 Å². The minimum atomic E-state index is 0. The molecule has 0 radical (unpaired) electrons. The fourth-order valence-corrected chi connectivity index (χ4v) is 2.69. The molecular formula is C16H30IN3OS. The molecular weight excluding hydrogens is 409 g/mol. The average Bonchev–Trinajstić information content (AvgIpc) is 3.02. The lowest BCUT2D eigenvalue weighted by atomic mass is 10.1. The van der Waals surface area contributed by atoms with Gasteiger partial charge >= 0.3 is 0 Å². The number of nitrogens with one attached hydrogen (secondary N) is 2. The van der Waals surface area contributed by atoms with E-state index in [4.69, 9.17) is 4.74 Å². The molecule has 0 fully saturated rings. The van der Waals surface area contributed by atoms with Crippen molar-refractivity contribution in [2.24, 2.45) is 4.99 Å². The van der Waals surface area contributed by atoms with Crippen molar-refractivity contribution in [1.82, 2.24) is 10.6 Å². The van der Waals surface area contributed by atoms with Gasteiger partial charge in [0.2, 0.25) is 0 Å². The fourth-order valence-electron chi connectivity index (χ4n) is 1.91. The maximum absolute atomic E-state index is 5.34. The number of aliphatic imine (C=N–C) groups is 1. The number of nitrogens with zero attached hydrogens (tertiary/aromatic N) is 1. The van der Waals surface area contributed by atoms with E-state index in [0.717, 1.165) is 51.6 Å². The monoisotopic (exact) mass is 439 g/mol. The lowest BCUT2D eigenvalue weighted by Gasteiger charge is -2.13. The molecule has 1 heterocycles. The SMILES string of the molecule is CCNC(=NCC(C)c1ccsc1)NCCCCOCC.I. The molecule has 22 heavy (non-hydrogen) atoms. The summed E-state index contributed by atoms with van der Waals surface area (Å²) in [5.74, 6) is 1.38. The number of guanidine groups is 1. The van der Waals surface area contributed by atoms with Crippen molar-refractivity contribution in [2.45, 2.75) is 39.5 Å². The maximum Gasteiger partial charge on any atom is 0.191 e. The Bertz CT molecular complexity index is 385. The van der Waals surface area contributed by atoms with E-state index < -0.39 is 0 Å². The molecule has 128 valence electrons. The first-order valence-corrected chi connectivity index (χ1v) is 8.84. The van der Waals surface area contributed by atoms with Gasteiger partial charge in [-0.05, 0) is 49.1 Å². The molecule has 1 rings (SSSR count). The van der Waals surface area contributed by atoms with Gasteiger partial charge in [-0.1, -0.05) is 6.92 Å². The summed E-state index contributed by atoms with van der Waals surface area (Å²) in [6.07, 6.45) is 2.19. The number of halogens is 1. The number of hydrogen-bond donors (Lipinski definition) is 2. The van der Waals surface area contributed by atoms with Crippen LogP contribution >= 0.6 is 35.3 Å². The number of ether oxygens (including phenoxy) is 1. The molecule has 1 aromatic rings. The predicted molar refractivity (Wildman–Crippen MR) is 108 cm³/mol. The molecule has 1 unspecified atom stereocenters. The Labute approximate surface area is 156 Å². The zero-order chi connectivity index (χ0) is 15.3. The van der Waals surface area contributed by atoms with Crippen molar-refractivity contribution < 1.29 is 4.74 Å². The molecule has 0 saturated carbocycles. The summed E-state index contributed by atoms with van der Waals surface area (Å²) in [6, 6.07) is 2.18. The van der Waals surface area contributed by atoms with Crippen LogP contribution in [0.5, 0.6) is 0 Å². The number of hydrogen-bond acceptors (Lipinski definition) is 3. The van der Waals surface area contributed by atoms with E-state index in [9.17, 15) is 0 Å². The van der Waals surface area contributed by atoms with Crippen molar-refractivity contribution in [2.75, 3.05) is 32.8 Å². The van der Waals surface area contributed by atoms with Crippen LogP contribution in [0.15, 0.2) is 21.8 Å². The van der Waals surface area contributed by atoms with E-state index in [0.29, 0.717) is 5.92 Å². The minimum Gasteiger partial charge on any atom is -0.382 e. The van der Waals surface area contributed by atoms with Crippen LogP contribution in [-0.2, 0) is 4.74 Å². The molecule has 0 amide bonds. The minimum absolute atomic E-state index is 0. The Morgan fingerprint density at radius 3 is 2.77 bits per heavy atom. The van der Waals surface area contributed by atoms with Crippen LogP contribution in [0.4, 0.5) is 0 Å². The molecule has 1 atom stereocenters. The summed E-state index contributed by atoms with van der Waals surface area (Å²) < 4.78 is 5.34. The lowest BCUT2D eigenvalue weighted by Crippen LogP contribution is -2.38. The normalized spacial score (nSPS) is 12.6. The van der Waals surface area contributed by atoms with Crippen molar-refractivity contribution >= 4 is 41.3 Å². The molecule has 0 bridgehead atoms. The molecule has 0 spiro atoms. The first-order valence-electron chi connectivity index (χ1n) is 7.89. The first-order chi connectivity index (χ1) is 10.3. The van der Waals surface area contributed by atoms with E-state index in [-0.39, 0.29) is 24.0 Å². The van der Waals surface area contributed by atoms with E-state index in [1.165, 1.54) is 5.56 Å². The van der Waals surface area contributed by atoms with Gasteiger partial charge in [-0.3, -0.25) is 4.99 Å². The third kappa shape index (κ3) is 9.63. The van der Waals surface area contributed by atoms with Gasteiger partial charge in [-0.2, -0.15) is 11.3 Å². The molecule has 1 aromatic heterocycles. The average molecular weight is 439 g/mol. The Hall–Kier alpha value is -0.340. The third-order valence-electron chi connectivity index (χ3n) is 3.19. The van der Waals surface area contributed by atoms with Crippen LogP contribution in [0, 0.1) is 0 Å². The van der Waals surface area contributed by atoms with Crippen LogP contribution in [0.2, 0.25) is 0 Å². The largest absolute Gasteiger partial charge is 0.382 e. The fraction of sp³-hybridized carbons (Fsp3) is 0.688. The van der Waals surface area contributed by atoms with Gasteiger partial charge in [0.25, 0.3) is 0 Å². The molecule has 2 N–H and O–H groups in total. The smallest absolute Gasteiger partial charge is 0.191 e. The molecule has 0 saturated heterocycles. The van der Waals surface area contributed by atoms with Gasteiger partial charge in [0.1, 0.15) is 0 Å². The third-order valence-corrected chi connectivity index (χ3v) is 3.89. The quantitative estimate of drug-likeness (QED) is 0.252. The second-order valence-electron chi connectivity index (χ2n) is 5.01. The Balaban J connectivity index is 0.00000441. The highest BCUT2D eigenvalue weighted by molar-refractivity contribution is 14.0. The van der Waals surface area contributed by atoms with Crippen LogP contribution in [-0.4, -0.2) is 38.8 Å². The van der Waals surface area contributed by atoms with Crippen LogP contribution in [0.3, 0.4) is 0 Å². The summed E-state index contributed by atoms with van der Waals surface area (Å²) in [6.45, 7) is 10.6.